The molecule has 1 saturated heterocycles. The van der Waals surface area contributed by atoms with E-state index >= 15 is 0 Å². The zero-order valence-electron chi connectivity index (χ0n) is 6.25. The third kappa shape index (κ3) is 1.30. The maximum absolute atomic E-state index is 4.12. The number of hydrogen-bond donors (Lipinski definition) is 1. The van der Waals surface area contributed by atoms with Crippen molar-refractivity contribution in [2.24, 2.45) is 0 Å². The van der Waals surface area contributed by atoms with Crippen LogP contribution in [0.4, 0.5) is 0 Å². The molecule has 0 amide bonds. The van der Waals surface area contributed by atoms with Crippen molar-refractivity contribution in [3.8, 4) is 0 Å². The molecule has 0 unspecified atom stereocenters. The van der Waals surface area contributed by atoms with Crippen molar-refractivity contribution in [3.05, 3.63) is 36.2 Å². The van der Waals surface area contributed by atoms with Gasteiger partial charge < -0.3 is 5.32 Å². The predicted molar refractivity (Wildman–Crippen MR) is 45.1 cm³/mol. The minimum atomic E-state index is 0.566. The lowest BCUT2D eigenvalue weighted by molar-refractivity contribution is 1.06. The molecular formula is C9H10N2. The first kappa shape index (κ1) is 6.55. The fourth-order valence-corrected chi connectivity index (χ4v) is 1.09. The lowest BCUT2D eigenvalue weighted by Crippen LogP contribution is -1.87. The number of nitrogens with one attached hydrogen (secondary N) is 1. The highest BCUT2D eigenvalue weighted by Crippen LogP contribution is 2.21. The summed E-state index contributed by atoms with van der Waals surface area (Å²) >= 11 is 0. The van der Waals surface area contributed by atoms with Gasteiger partial charge in [0.15, 0.2) is 0 Å². The van der Waals surface area contributed by atoms with Crippen LogP contribution in [0.2, 0.25) is 0 Å². The van der Waals surface area contributed by atoms with E-state index < -0.39 is 0 Å². The Kier molecular flexibility index (Phi) is 1.47. The van der Waals surface area contributed by atoms with Crippen molar-refractivity contribution in [2.45, 2.75) is 6.04 Å². The predicted octanol–water partition coefficient (Wildman–Crippen LogP) is 1.37. The highest BCUT2D eigenvalue weighted by molar-refractivity contribution is 5.43. The average Bonchev–Trinajstić information content (AvgIpc) is 2.87. The third-order valence-corrected chi connectivity index (χ3v) is 1.82. The fraction of sp³-hybridized carbons (Fsp3) is 0.222. The van der Waals surface area contributed by atoms with Crippen LogP contribution in [-0.2, 0) is 0 Å². The van der Waals surface area contributed by atoms with Crippen LogP contribution in [0.3, 0.4) is 0 Å². The molecular weight excluding hydrogens is 136 g/mol. The molecule has 1 fully saturated rings. The van der Waals surface area contributed by atoms with Crippen LogP contribution in [-0.4, -0.2) is 11.5 Å². The summed E-state index contributed by atoms with van der Waals surface area (Å²) in [7, 11) is 0. The Balaban J connectivity index is 2.33. The molecule has 2 nitrogen and oxygen atoms in total. The molecule has 1 aliphatic rings. The van der Waals surface area contributed by atoms with Crippen LogP contribution in [0.25, 0.3) is 6.08 Å². The Morgan fingerprint density at radius 3 is 3.18 bits per heavy atom. The van der Waals surface area contributed by atoms with Gasteiger partial charge in [-0.1, -0.05) is 6.58 Å². The van der Waals surface area contributed by atoms with Gasteiger partial charge in [0.1, 0.15) is 0 Å². The van der Waals surface area contributed by atoms with Crippen molar-refractivity contribution in [2.75, 3.05) is 6.54 Å². The fourth-order valence-electron chi connectivity index (χ4n) is 1.09. The van der Waals surface area contributed by atoms with E-state index in [2.05, 4.69) is 22.9 Å². The first-order valence-corrected chi connectivity index (χ1v) is 3.72. The van der Waals surface area contributed by atoms with E-state index in [1.807, 2.05) is 12.3 Å². The quantitative estimate of drug-likeness (QED) is 0.639. The molecule has 0 saturated carbocycles. The lowest BCUT2D eigenvalue weighted by atomic mass is 10.2. The molecule has 56 valence electrons. The van der Waals surface area contributed by atoms with Gasteiger partial charge in [-0.25, -0.2) is 0 Å². The first-order valence-electron chi connectivity index (χ1n) is 3.72. The van der Waals surface area contributed by atoms with Crippen molar-refractivity contribution in [3.63, 3.8) is 0 Å². The maximum Gasteiger partial charge on any atom is 0.0627 e. The van der Waals surface area contributed by atoms with Gasteiger partial charge in [0.05, 0.1) is 5.69 Å². The number of nitrogens with zero attached hydrogens (tertiary/aromatic N) is 1. The van der Waals surface area contributed by atoms with Crippen LogP contribution >= 0.6 is 0 Å². The number of aromatic nitrogens is 1. The number of hydrogen-bond acceptors (Lipinski definition) is 2. The van der Waals surface area contributed by atoms with E-state index in [1.54, 1.807) is 6.08 Å². The molecule has 1 N–H and O–H groups in total. The van der Waals surface area contributed by atoms with Gasteiger partial charge in [-0.2, -0.15) is 0 Å². The van der Waals surface area contributed by atoms with Gasteiger partial charge in [0.2, 0.25) is 0 Å². The summed E-state index contributed by atoms with van der Waals surface area (Å²) in [5.74, 6) is 0. The molecule has 2 heteroatoms. The zero-order chi connectivity index (χ0) is 7.68. The van der Waals surface area contributed by atoms with Gasteiger partial charge >= 0.3 is 0 Å². The van der Waals surface area contributed by atoms with Crippen LogP contribution in [0, 0.1) is 0 Å². The first-order chi connectivity index (χ1) is 5.40. The van der Waals surface area contributed by atoms with Crippen LogP contribution in [0.5, 0.6) is 0 Å². The Morgan fingerprint density at radius 2 is 2.55 bits per heavy atom. The molecule has 0 aliphatic carbocycles. The second-order valence-electron chi connectivity index (χ2n) is 2.68. The number of rotatable bonds is 2. The zero-order valence-corrected chi connectivity index (χ0v) is 6.25. The van der Waals surface area contributed by atoms with Crippen LogP contribution in [0.1, 0.15) is 17.3 Å². The Bertz CT molecular complexity index is 277. The van der Waals surface area contributed by atoms with Gasteiger partial charge in [-0.15, -0.1) is 0 Å². The molecule has 1 aliphatic heterocycles. The summed E-state index contributed by atoms with van der Waals surface area (Å²) in [5, 5.41) is 3.24. The highest BCUT2D eigenvalue weighted by atomic mass is 15.1. The van der Waals surface area contributed by atoms with Crippen molar-refractivity contribution < 1.29 is 0 Å². The smallest absolute Gasteiger partial charge is 0.0627 e. The molecule has 2 rings (SSSR count). The standard InChI is InChI=1S/C9H10N2/c1-2-8-5-7(3-4-10-8)9-6-11-9/h2-5,9,11H,1,6H2/t9-/m0/s1. The summed E-state index contributed by atoms with van der Waals surface area (Å²) in [6, 6.07) is 4.67. The number of pyridine rings is 1. The largest absolute Gasteiger partial charge is 0.307 e. The second-order valence-corrected chi connectivity index (χ2v) is 2.68. The van der Waals surface area contributed by atoms with Gasteiger partial charge in [0.25, 0.3) is 0 Å². The minimum Gasteiger partial charge on any atom is -0.307 e. The van der Waals surface area contributed by atoms with E-state index in [9.17, 15) is 0 Å². The summed E-state index contributed by atoms with van der Waals surface area (Å²) in [6.07, 6.45) is 3.60. The molecule has 2 heterocycles. The third-order valence-electron chi connectivity index (χ3n) is 1.82. The van der Waals surface area contributed by atoms with E-state index in [-0.39, 0.29) is 0 Å². The Labute approximate surface area is 66.0 Å². The molecule has 1 atom stereocenters. The summed E-state index contributed by atoms with van der Waals surface area (Å²) in [4.78, 5) is 4.12. The molecule has 1 aromatic heterocycles. The lowest BCUT2D eigenvalue weighted by Gasteiger charge is -1.96. The van der Waals surface area contributed by atoms with Gasteiger partial charge in [0, 0.05) is 18.8 Å². The monoisotopic (exact) mass is 146 g/mol. The second kappa shape index (κ2) is 2.47. The molecule has 0 spiro atoms. The van der Waals surface area contributed by atoms with Gasteiger partial charge in [-0.3, -0.25) is 4.98 Å². The molecule has 0 radical (unpaired) electrons. The average molecular weight is 146 g/mol. The normalized spacial score (nSPS) is 21.3. The van der Waals surface area contributed by atoms with E-state index in [0.29, 0.717) is 6.04 Å². The van der Waals surface area contributed by atoms with Crippen molar-refractivity contribution in [1.82, 2.24) is 10.3 Å². The minimum absolute atomic E-state index is 0.566. The van der Waals surface area contributed by atoms with Crippen molar-refractivity contribution in [1.29, 1.82) is 0 Å². The summed E-state index contributed by atoms with van der Waals surface area (Å²) < 4.78 is 0. The highest BCUT2D eigenvalue weighted by Gasteiger charge is 2.21. The van der Waals surface area contributed by atoms with Crippen LogP contribution in [0.15, 0.2) is 24.9 Å². The maximum atomic E-state index is 4.12. The molecule has 0 bridgehead atoms. The van der Waals surface area contributed by atoms with Gasteiger partial charge in [-0.05, 0) is 23.8 Å². The molecule has 1 aromatic rings. The van der Waals surface area contributed by atoms with Crippen molar-refractivity contribution >= 4 is 6.08 Å². The molecule has 11 heavy (non-hydrogen) atoms. The van der Waals surface area contributed by atoms with E-state index in [1.165, 1.54) is 5.56 Å². The SMILES string of the molecule is C=Cc1cc([C@@H]2CN2)ccn1. The molecule has 0 aromatic carbocycles. The Hall–Kier alpha value is -1.15. The Morgan fingerprint density at radius 1 is 1.73 bits per heavy atom. The van der Waals surface area contributed by atoms with E-state index in [0.717, 1.165) is 12.2 Å². The summed E-state index contributed by atoms with van der Waals surface area (Å²) in [6.45, 7) is 4.77. The summed E-state index contributed by atoms with van der Waals surface area (Å²) in [5.41, 5.74) is 2.27. The van der Waals surface area contributed by atoms with E-state index in [4.69, 9.17) is 0 Å². The topological polar surface area (TPSA) is 34.8 Å². The van der Waals surface area contributed by atoms with Crippen LogP contribution < -0.4 is 5.32 Å².